The second-order valence-electron chi connectivity index (χ2n) is 3.91. The lowest BCUT2D eigenvalue weighted by molar-refractivity contribution is 0.0966. The summed E-state index contributed by atoms with van der Waals surface area (Å²) in [5.41, 5.74) is 0.584. The number of carbonyl (C=O) groups excluding carboxylic acids is 1. The molecule has 0 saturated heterocycles. The molecular formula is C11H6Br2N4O2S. The lowest BCUT2D eigenvalue weighted by Gasteiger charge is -1.97. The summed E-state index contributed by atoms with van der Waals surface area (Å²) in [5, 5.41) is 4.07. The molecule has 6 nitrogen and oxygen atoms in total. The number of halogens is 2. The third-order valence-corrected chi connectivity index (χ3v) is 4.98. The standard InChI is InChI=1S/C11H6Br2N4O2S/c12-8-3-6(10(13)20-8)7(18)5-17-11(19)16-2-1-14-4-9(16)15-17/h1-4H,5H2. The molecule has 0 bridgehead atoms. The van der Waals surface area contributed by atoms with Crippen molar-refractivity contribution in [2.75, 3.05) is 0 Å². The molecule has 0 atom stereocenters. The Morgan fingerprint density at radius 1 is 1.40 bits per heavy atom. The van der Waals surface area contributed by atoms with E-state index >= 15 is 0 Å². The van der Waals surface area contributed by atoms with Gasteiger partial charge in [-0.2, -0.15) is 0 Å². The molecule has 20 heavy (non-hydrogen) atoms. The Morgan fingerprint density at radius 3 is 2.85 bits per heavy atom. The molecule has 9 heteroatoms. The molecule has 0 aliphatic heterocycles. The number of nitrogens with zero attached hydrogens (tertiary/aromatic N) is 4. The van der Waals surface area contributed by atoms with Crippen LogP contribution < -0.4 is 5.69 Å². The predicted molar refractivity (Wildman–Crippen MR) is 81.3 cm³/mol. The Kier molecular flexibility index (Phi) is 3.57. The maximum Gasteiger partial charge on any atom is 0.350 e. The van der Waals surface area contributed by atoms with Crippen LogP contribution in [0, 0.1) is 0 Å². The number of carbonyl (C=O) groups is 1. The first-order valence-corrected chi connectivity index (χ1v) is 7.84. The molecule has 0 aliphatic rings. The topological polar surface area (TPSA) is 69.3 Å². The summed E-state index contributed by atoms with van der Waals surface area (Å²) >= 11 is 8.05. The van der Waals surface area contributed by atoms with Crippen LogP contribution in [-0.4, -0.2) is 24.9 Å². The highest BCUT2D eigenvalue weighted by molar-refractivity contribution is 9.12. The van der Waals surface area contributed by atoms with Crippen molar-refractivity contribution in [1.82, 2.24) is 19.2 Å². The van der Waals surface area contributed by atoms with E-state index in [0.29, 0.717) is 11.2 Å². The molecule has 0 fully saturated rings. The Bertz CT molecular complexity index is 867. The van der Waals surface area contributed by atoms with Crippen molar-refractivity contribution in [3.63, 3.8) is 0 Å². The molecular weight excluding hydrogens is 412 g/mol. The maximum absolute atomic E-state index is 12.2. The SMILES string of the molecule is O=C(Cn1nc2cnccn2c1=O)c1cc(Br)sc1Br. The van der Waals surface area contributed by atoms with E-state index in [9.17, 15) is 9.59 Å². The van der Waals surface area contributed by atoms with Crippen molar-refractivity contribution < 1.29 is 4.79 Å². The summed E-state index contributed by atoms with van der Waals surface area (Å²) in [6.07, 6.45) is 4.48. The normalized spacial score (nSPS) is 11.1. The number of aromatic nitrogens is 4. The van der Waals surface area contributed by atoms with Gasteiger partial charge in [-0.05, 0) is 37.9 Å². The Morgan fingerprint density at radius 2 is 2.20 bits per heavy atom. The first kappa shape index (κ1) is 13.7. The fraction of sp³-hybridized carbons (Fsp3) is 0.0909. The van der Waals surface area contributed by atoms with Crippen LogP contribution in [0.15, 0.2) is 37.0 Å². The molecule has 0 aromatic carbocycles. The molecule has 102 valence electrons. The van der Waals surface area contributed by atoms with Crippen LogP contribution in [0.5, 0.6) is 0 Å². The van der Waals surface area contributed by atoms with Crippen LogP contribution in [0.4, 0.5) is 0 Å². The average molecular weight is 418 g/mol. The highest BCUT2D eigenvalue weighted by Gasteiger charge is 2.16. The van der Waals surface area contributed by atoms with Crippen LogP contribution in [0.3, 0.4) is 0 Å². The summed E-state index contributed by atoms with van der Waals surface area (Å²) in [5.74, 6) is -0.183. The number of rotatable bonds is 3. The minimum atomic E-state index is -0.360. The number of fused-ring (bicyclic) bond motifs is 1. The zero-order chi connectivity index (χ0) is 14.3. The van der Waals surface area contributed by atoms with Crippen LogP contribution >= 0.6 is 43.2 Å². The van der Waals surface area contributed by atoms with Gasteiger partial charge < -0.3 is 0 Å². The second kappa shape index (κ2) is 5.23. The van der Waals surface area contributed by atoms with Gasteiger partial charge in [-0.25, -0.2) is 13.9 Å². The van der Waals surface area contributed by atoms with Crippen LogP contribution in [0.2, 0.25) is 0 Å². The maximum atomic E-state index is 12.2. The van der Waals surface area contributed by atoms with Gasteiger partial charge in [0.1, 0.15) is 6.54 Å². The first-order valence-electron chi connectivity index (χ1n) is 5.43. The minimum Gasteiger partial charge on any atom is -0.292 e. The van der Waals surface area contributed by atoms with Crippen molar-refractivity contribution in [3.8, 4) is 0 Å². The fourth-order valence-corrected chi connectivity index (χ4v) is 4.59. The molecule has 3 aromatic heterocycles. The molecule has 0 radical (unpaired) electrons. The van der Waals surface area contributed by atoms with Crippen LogP contribution in [-0.2, 0) is 6.54 Å². The van der Waals surface area contributed by atoms with Gasteiger partial charge in [0.15, 0.2) is 11.4 Å². The van der Waals surface area contributed by atoms with Gasteiger partial charge >= 0.3 is 5.69 Å². The number of ketones is 1. The largest absolute Gasteiger partial charge is 0.350 e. The highest BCUT2D eigenvalue weighted by atomic mass is 79.9. The highest BCUT2D eigenvalue weighted by Crippen LogP contribution is 2.32. The van der Waals surface area contributed by atoms with Crippen molar-refractivity contribution in [2.45, 2.75) is 6.54 Å². The van der Waals surface area contributed by atoms with E-state index in [-0.39, 0.29) is 18.0 Å². The molecule has 3 rings (SSSR count). The van der Waals surface area contributed by atoms with Crippen LogP contribution in [0.1, 0.15) is 10.4 Å². The number of hydrogen-bond acceptors (Lipinski definition) is 5. The lowest BCUT2D eigenvalue weighted by atomic mass is 10.2. The van der Waals surface area contributed by atoms with E-state index in [0.717, 1.165) is 12.3 Å². The summed E-state index contributed by atoms with van der Waals surface area (Å²) in [4.78, 5) is 28.1. The Balaban J connectivity index is 1.97. The van der Waals surface area contributed by atoms with Gasteiger partial charge in [-0.3, -0.25) is 9.78 Å². The summed E-state index contributed by atoms with van der Waals surface area (Å²) < 4.78 is 4.06. The smallest absolute Gasteiger partial charge is 0.292 e. The second-order valence-corrected chi connectivity index (χ2v) is 7.66. The third-order valence-electron chi connectivity index (χ3n) is 2.64. The van der Waals surface area contributed by atoms with E-state index in [1.807, 2.05) is 0 Å². The van der Waals surface area contributed by atoms with Crippen molar-refractivity contribution in [3.05, 3.63) is 48.3 Å². The van der Waals surface area contributed by atoms with Crippen molar-refractivity contribution in [1.29, 1.82) is 0 Å². The molecule has 0 N–H and O–H groups in total. The minimum absolute atomic E-state index is 0.109. The van der Waals surface area contributed by atoms with Gasteiger partial charge in [0, 0.05) is 18.0 Å². The summed E-state index contributed by atoms with van der Waals surface area (Å²) in [6, 6.07) is 1.72. The van der Waals surface area contributed by atoms with Crippen LogP contribution in [0.25, 0.3) is 5.65 Å². The van der Waals surface area contributed by atoms with Crippen molar-refractivity contribution >= 4 is 54.6 Å². The van der Waals surface area contributed by atoms with Gasteiger partial charge in [-0.15, -0.1) is 16.4 Å². The van der Waals surface area contributed by atoms with E-state index in [4.69, 9.17) is 0 Å². The zero-order valence-electron chi connectivity index (χ0n) is 9.79. The molecule has 0 spiro atoms. The van der Waals surface area contributed by atoms with Gasteiger partial charge in [0.05, 0.1) is 13.8 Å². The first-order chi connectivity index (χ1) is 9.56. The summed E-state index contributed by atoms with van der Waals surface area (Å²) in [6.45, 7) is -0.109. The molecule has 3 aromatic rings. The van der Waals surface area contributed by atoms with E-state index in [1.165, 1.54) is 34.3 Å². The fourth-order valence-electron chi connectivity index (χ4n) is 1.73. The third kappa shape index (κ3) is 2.36. The van der Waals surface area contributed by atoms with E-state index in [1.54, 1.807) is 6.07 Å². The molecule has 0 saturated carbocycles. The van der Waals surface area contributed by atoms with Gasteiger partial charge in [0.2, 0.25) is 0 Å². The molecule has 0 aliphatic carbocycles. The predicted octanol–water partition coefficient (Wildman–Crippen LogP) is 2.36. The monoisotopic (exact) mass is 416 g/mol. The number of hydrogen-bond donors (Lipinski definition) is 0. The van der Waals surface area contributed by atoms with E-state index < -0.39 is 0 Å². The Hall–Kier alpha value is -1.32. The molecule has 3 heterocycles. The number of thiophene rings is 1. The average Bonchev–Trinajstić information content (AvgIpc) is 2.91. The summed E-state index contributed by atoms with van der Waals surface area (Å²) in [7, 11) is 0. The zero-order valence-corrected chi connectivity index (χ0v) is 13.8. The molecule has 0 amide bonds. The number of Topliss-reactive ketones (excluding diaryl/α,β-unsaturated/α-hetero) is 1. The van der Waals surface area contributed by atoms with Gasteiger partial charge in [0.25, 0.3) is 0 Å². The van der Waals surface area contributed by atoms with E-state index in [2.05, 4.69) is 41.9 Å². The molecule has 0 unspecified atom stereocenters. The quantitative estimate of drug-likeness (QED) is 0.613. The van der Waals surface area contributed by atoms with Gasteiger partial charge in [-0.1, -0.05) is 0 Å². The van der Waals surface area contributed by atoms with Crippen molar-refractivity contribution in [2.24, 2.45) is 0 Å². The Labute approximate surface area is 133 Å². The lowest BCUT2D eigenvalue weighted by Crippen LogP contribution is -2.25.